The summed E-state index contributed by atoms with van der Waals surface area (Å²) in [7, 11) is 0. The first-order valence-electron chi connectivity index (χ1n) is 5.43. The molecule has 1 aliphatic rings. The number of nitro groups is 1. The molecule has 0 N–H and O–H groups in total. The molecule has 0 radical (unpaired) electrons. The Balaban J connectivity index is 2.21. The van der Waals surface area contributed by atoms with E-state index in [-0.39, 0.29) is 5.69 Å². The molecule has 0 saturated heterocycles. The maximum atomic E-state index is 10.6. The topological polar surface area (TPSA) is 66.9 Å². The van der Waals surface area contributed by atoms with Crippen LogP contribution in [-0.2, 0) is 6.42 Å². The Labute approximate surface area is 108 Å². The molecule has 1 saturated carbocycles. The van der Waals surface area contributed by atoms with Gasteiger partial charge >= 0.3 is 0 Å². The van der Waals surface area contributed by atoms with Crippen LogP contribution in [0.4, 0.5) is 5.69 Å². The summed E-state index contributed by atoms with van der Waals surface area (Å²) in [5.41, 5.74) is 1.26. The van der Waals surface area contributed by atoms with E-state index in [1.54, 1.807) is 6.07 Å². The molecule has 0 amide bonds. The predicted molar refractivity (Wildman–Crippen MR) is 67.0 cm³/mol. The van der Waals surface area contributed by atoms with Crippen molar-refractivity contribution in [1.29, 1.82) is 5.26 Å². The number of benzene rings is 1. The van der Waals surface area contributed by atoms with E-state index in [1.807, 2.05) is 6.07 Å². The third-order valence-electron chi connectivity index (χ3n) is 2.97. The smallest absolute Gasteiger partial charge is 0.258 e. The van der Waals surface area contributed by atoms with Crippen molar-refractivity contribution in [1.82, 2.24) is 0 Å². The third kappa shape index (κ3) is 2.83. The molecule has 88 valence electrons. The van der Waals surface area contributed by atoms with Gasteiger partial charge in [0, 0.05) is 17.0 Å². The minimum atomic E-state index is -0.475. The quantitative estimate of drug-likeness (QED) is 0.486. The van der Waals surface area contributed by atoms with Crippen LogP contribution in [0.15, 0.2) is 18.2 Å². The zero-order chi connectivity index (χ0) is 12.4. The number of nitriles is 1. The molecule has 4 nitrogen and oxygen atoms in total. The van der Waals surface area contributed by atoms with Gasteiger partial charge in [0.1, 0.15) is 0 Å². The number of nitrogens with zero attached hydrogens (tertiary/aromatic N) is 2. The molecule has 0 bridgehead atoms. The van der Waals surface area contributed by atoms with Gasteiger partial charge in [-0.05, 0) is 30.7 Å². The van der Waals surface area contributed by atoms with Gasteiger partial charge in [-0.3, -0.25) is 10.1 Å². The molecule has 0 aromatic heterocycles. The van der Waals surface area contributed by atoms with Gasteiger partial charge in [-0.2, -0.15) is 5.26 Å². The lowest BCUT2D eigenvalue weighted by Gasteiger charge is -2.09. The summed E-state index contributed by atoms with van der Waals surface area (Å²) >= 11 is 3.61. The molecule has 1 atom stereocenters. The van der Waals surface area contributed by atoms with Crippen LogP contribution < -0.4 is 0 Å². The predicted octanol–water partition coefficient (Wildman–Crippen LogP) is 3.18. The maximum Gasteiger partial charge on any atom is 0.270 e. The molecule has 1 unspecified atom stereocenters. The third-order valence-corrected chi connectivity index (χ3v) is 4.04. The summed E-state index contributed by atoms with van der Waals surface area (Å²) in [6, 6.07) is 6.53. The van der Waals surface area contributed by atoms with Gasteiger partial charge in [0.15, 0.2) is 0 Å². The van der Waals surface area contributed by atoms with Gasteiger partial charge in [0.2, 0.25) is 0 Å². The van der Waals surface area contributed by atoms with Crippen molar-refractivity contribution in [2.45, 2.75) is 24.1 Å². The summed E-state index contributed by atoms with van der Waals surface area (Å²) in [5, 5.41) is 19.6. The van der Waals surface area contributed by atoms with Gasteiger partial charge in [-0.1, -0.05) is 22.0 Å². The van der Waals surface area contributed by atoms with E-state index in [1.165, 1.54) is 25.0 Å². The molecule has 5 heteroatoms. The zero-order valence-corrected chi connectivity index (χ0v) is 10.7. The molecule has 2 rings (SSSR count). The van der Waals surface area contributed by atoms with Gasteiger partial charge in [0.25, 0.3) is 5.69 Å². The van der Waals surface area contributed by atoms with Crippen LogP contribution in [0, 0.1) is 27.4 Å². The Morgan fingerprint density at radius 1 is 1.59 bits per heavy atom. The standard InChI is InChI=1S/C12H11BrN2O2/c13-12(8-1-2-8)6-9-3-4-11(15(16)17)5-10(9)7-14/h3-5,8,12H,1-2,6H2. The van der Waals surface area contributed by atoms with Crippen LogP contribution in [0.3, 0.4) is 0 Å². The van der Waals surface area contributed by atoms with Crippen LogP contribution in [0.5, 0.6) is 0 Å². The fourth-order valence-corrected chi connectivity index (χ4v) is 2.67. The molecule has 0 heterocycles. The normalized spacial score (nSPS) is 16.2. The highest BCUT2D eigenvalue weighted by atomic mass is 79.9. The van der Waals surface area contributed by atoms with Gasteiger partial charge in [-0.25, -0.2) is 0 Å². The first-order chi connectivity index (χ1) is 8.11. The largest absolute Gasteiger partial charge is 0.270 e. The molecule has 17 heavy (non-hydrogen) atoms. The van der Waals surface area contributed by atoms with Gasteiger partial charge < -0.3 is 0 Å². The monoisotopic (exact) mass is 294 g/mol. The number of non-ortho nitro benzene ring substituents is 1. The van der Waals surface area contributed by atoms with E-state index in [0.717, 1.165) is 12.0 Å². The molecule has 1 aliphatic carbocycles. The summed E-state index contributed by atoms with van der Waals surface area (Å²) in [6.45, 7) is 0. The Morgan fingerprint density at radius 2 is 2.29 bits per heavy atom. The van der Waals surface area contributed by atoms with E-state index in [9.17, 15) is 10.1 Å². The fraction of sp³-hybridized carbons (Fsp3) is 0.417. The molecule has 1 aromatic carbocycles. The van der Waals surface area contributed by atoms with Crippen molar-refractivity contribution in [2.75, 3.05) is 0 Å². The van der Waals surface area contributed by atoms with Crippen LogP contribution >= 0.6 is 15.9 Å². The second-order valence-electron chi connectivity index (χ2n) is 4.27. The van der Waals surface area contributed by atoms with Crippen LogP contribution in [0.2, 0.25) is 0 Å². The van der Waals surface area contributed by atoms with Crippen molar-refractivity contribution in [3.8, 4) is 6.07 Å². The highest BCUT2D eigenvalue weighted by Gasteiger charge is 2.29. The number of hydrogen-bond donors (Lipinski definition) is 0. The Bertz CT molecular complexity index is 492. The molecular weight excluding hydrogens is 284 g/mol. The second kappa shape index (κ2) is 4.84. The minimum absolute atomic E-state index is 0.0251. The summed E-state index contributed by atoms with van der Waals surface area (Å²) < 4.78 is 0. The Morgan fingerprint density at radius 3 is 2.82 bits per heavy atom. The Hall–Kier alpha value is -1.41. The lowest BCUT2D eigenvalue weighted by molar-refractivity contribution is -0.384. The van der Waals surface area contributed by atoms with Crippen molar-refractivity contribution >= 4 is 21.6 Å². The highest BCUT2D eigenvalue weighted by molar-refractivity contribution is 9.09. The van der Waals surface area contributed by atoms with Gasteiger partial charge in [-0.15, -0.1) is 0 Å². The van der Waals surface area contributed by atoms with E-state index >= 15 is 0 Å². The summed E-state index contributed by atoms with van der Waals surface area (Å²) in [4.78, 5) is 10.5. The minimum Gasteiger partial charge on any atom is -0.258 e. The number of hydrogen-bond acceptors (Lipinski definition) is 3. The molecule has 1 fully saturated rings. The van der Waals surface area contributed by atoms with Crippen molar-refractivity contribution < 1.29 is 4.92 Å². The van der Waals surface area contributed by atoms with Crippen LogP contribution in [-0.4, -0.2) is 9.75 Å². The summed E-state index contributed by atoms with van der Waals surface area (Å²) in [6.07, 6.45) is 3.21. The molecule has 1 aromatic rings. The maximum absolute atomic E-state index is 10.6. The summed E-state index contributed by atoms with van der Waals surface area (Å²) in [5.74, 6) is 0.691. The first kappa shape index (κ1) is 12.1. The number of nitro benzene ring substituents is 1. The number of halogens is 1. The zero-order valence-electron chi connectivity index (χ0n) is 9.10. The van der Waals surface area contributed by atoms with Crippen LogP contribution in [0.1, 0.15) is 24.0 Å². The number of rotatable bonds is 4. The van der Waals surface area contributed by atoms with Crippen molar-refractivity contribution in [2.24, 2.45) is 5.92 Å². The second-order valence-corrected chi connectivity index (χ2v) is 5.44. The molecular formula is C12H11BrN2O2. The average Bonchev–Trinajstić information content (AvgIpc) is 3.13. The van der Waals surface area contributed by atoms with Gasteiger partial charge in [0.05, 0.1) is 16.6 Å². The Kier molecular flexibility index (Phi) is 3.43. The molecule has 0 aliphatic heterocycles. The van der Waals surface area contributed by atoms with E-state index in [4.69, 9.17) is 5.26 Å². The fourth-order valence-electron chi connectivity index (χ4n) is 1.79. The molecule has 0 spiro atoms. The van der Waals surface area contributed by atoms with Crippen molar-refractivity contribution in [3.05, 3.63) is 39.4 Å². The highest BCUT2D eigenvalue weighted by Crippen LogP contribution is 2.38. The van der Waals surface area contributed by atoms with E-state index in [2.05, 4.69) is 15.9 Å². The lowest BCUT2D eigenvalue weighted by atomic mass is 10.0. The SMILES string of the molecule is N#Cc1cc([N+](=O)[O-])ccc1CC(Br)C1CC1. The number of alkyl halides is 1. The lowest BCUT2D eigenvalue weighted by Crippen LogP contribution is -2.06. The van der Waals surface area contributed by atoms with E-state index < -0.39 is 4.92 Å². The first-order valence-corrected chi connectivity index (χ1v) is 6.35. The average molecular weight is 295 g/mol. The van der Waals surface area contributed by atoms with Crippen LogP contribution in [0.25, 0.3) is 0 Å². The van der Waals surface area contributed by atoms with E-state index in [0.29, 0.717) is 16.3 Å². The van der Waals surface area contributed by atoms with Crippen molar-refractivity contribution in [3.63, 3.8) is 0 Å².